The van der Waals surface area contributed by atoms with E-state index in [2.05, 4.69) is 9.97 Å². The molecule has 0 fully saturated rings. The summed E-state index contributed by atoms with van der Waals surface area (Å²) in [6.45, 7) is 7.81. The maximum Gasteiger partial charge on any atom is 0.269 e. The van der Waals surface area contributed by atoms with E-state index in [1.165, 1.54) is 24.5 Å². The number of benzene rings is 2. The molecule has 1 atom stereocenters. The Morgan fingerprint density at radius 3 is 2.37 bits per heavy atom. The molecule has 0 saturated heterocycles. The Morgan fingerprint density at radius 2 is 1.63 bits per heavy atom. The Kier molecular flexibility index (Phi) is 4.97. The predicted molar refractivity (Wildman–Crippen MR) is 116 cm³/mol. The summed E-state index contributed by atoms with van der Waals surface area (Å²) in [5.41, 5.74) is 4.03. The smallest absolute Gasteiger partial charge is 0.269 e. The standard InChI is InChI=1S/C23H23FN4O2/c1-13(2)27-20-8-14(3)7-16(23(20)26-12-21(27)29)9-15(4)28-19-10-17(24)5-6-18(19)25-11-22(28)30/h5-8,10-13,15H,9H2,1-4H3. The monoisotopic (exact) mass is 406 g/mol. The second kappa shape index (κ2) is 7.48. The van der Waals surface area contributed by atoms with Gasteiger partial charge in [-0.25, -0.2) is 14.4 Å². The van der Waals surface area contributed by atoms with Crippen LogP contribution in [0.2, 0.25) is 0 Å². The van der Waals surface area contributed by atoms with E-state index in [1.54, 1.807) is 15.2 Å². The van der Waals surface area contributed by atoms with E-state index in [4.69, 9.17) is 0 Å². The lowest BCUT2D eigenvalue weighted by molar-refractivity contribution is 0.541. The van der Waals surface area contributed by atoms with Crippen LogP contribution in [-0.2, 0) is 6.42 Å². The van der Waals surface area contributed by atoms with E-state index < -0.39 is 5.82 Å². The summed E-state index contributed by atoms with van der Waals surface area (Å²) in [6, 6.07) is 7.94. The van der Waals surface area contributed by atoms with Gasteiger partial charge >= 0.3 is 0 Å². The molecule has 2 heterocycles. The molecular weight excluding hydrogens is 383 g/mol. The van der Waals surface area contributed by atoms with E-state index in [0.717, 1.165) is 22.2 Å². The van der Waals surface area contributed by atoms with E-state index in [1.807, 2.05) is 39.8 Å². The minimum Gasteiger partial charge on any atom is -0.303 e. The largest absolute Gasteiger partial charge is 0.303 e. The molecule has 0 aliphatic carbocycles. The molecule has 7 heteroatoms. The fourth-order valence-electron chi connectivity index (χ4n) is 4.12. The first-order valence-corrected chi connectivity index (χ1v) is 9.94. The summed E-state index contributed by atoms with van der Waals surface area (Å²) in [4.78, 5) is 33.5. The van der Waals surface area contributed by atoms with Crippen LogP contribution in [0.5, 0.6) is 0 Å². The highest BCUT2D eigenvalue weighted by Crippen LogP contribution is 2.25. The molecule has 1 unspecified atom stereocenters. The molecule has 0 N–H and O–H groups in total. The second-order valence-electron chi connectivity index (χ2n) is 8.00. The molecule has 0 bridgehead atoms. The Morgan fingerprint density at radius 1 is 0.933 bits per heavy atom. The number of rotatable bonds is 4. The van der Waals surface area contributed by atoms with Crippen molar-refractivity contribution in [2.24, 2.45) is 0 Å². The Hall–Kier alpha value is -3.35. The maximum absolute atomic E-state index is 13.9. The first kappa shape index (κ1) is 19.9. The average molecular weight is 406 g/mol. The van der Waals surface area contributed by atoms with E-state index in [9.17, 15) is 14.0 Å². The van der Waals surface area contributed by atoms with Crippen molar-refractivity contribution < 1.29 is 4.39 Å². The molecule has 0 spiro atoms. The van der Waals surface area contributed by atoms with Crippen LogP contribution >= 0.6 is 0 Å². The van der Waals surface area contributed by atoms with E-state index in [0.29, 0.717) is 17.5 Å². The van der Waals surface area contributed by atoms with Crippen molar-refractivity contribution >= 4 is 22.1 Å². The number of hydrogen-bond donors (Lipinski definition) is 0. The van der Waals surface area contributed by atoms with Crippen LogP contribution in [0.15, 0.2) is 52.3 Å². The van der Waals surface area contributed by atoms with Gasteiger partial charge in [0.2, 0.25) is 0 Å². The van der Waals surface area contributed by atoms with Crippen molar-refractivity contribution in [3.63, 3.8) is 0 Å². The topological polar surface area (TPSA) is 69.8 Å². The summed E-state index contributed by atoms with van der Waals surface area (Å²) in [5.74, 6) is -0.417. The van der Waals surface area contributed by atoms with Crippen LogP contribution in [0, 0.1) is 12.7 Å². The van der Waals surface area contributed by atoms with Crippen molar-refractivity contribution in [1.82, 2.24) is 19.1 Å². The third-order valence-corrected chi connectivity index (χ3v) is 5.34. The number of hydrogen-bond acceptors (Lipinski definition) is 4. The zero-order chi connectivity index (χ0) is 21.6. The number of aromatic nitrogens is 4. The second-order valence-corrected chi connectivity index (χ2v) is 8.00. The minimum atomic E-state index is -0.417. The first-order chi connectivity index (χ1) is 14.3. The predicted octanol–water partition coefficient (Wildman–Crippen LogP) is 3.94. The third kappa shape index (κ3) is 3.40. The molecule has 30 heavy (non-hydrogen) atoms. The van der Waals surface area contributed by atoms with Crippen molar-refractivity contribution in [2.45, 2.75) is 46.2 Å². The van der Waals surface area contributed by atoms with Crippen LogP contribution in [-0.4, -0.2) is 19.1 Å². The van der Waals surface area contributed by atoms with E-state index >= 15 is 0 Å². The zero-order valence-corrected chi connectivity index (χ0v) is 17.4. The average Bonchev–Trinajstić information content (AvgIpc) is 2.66. The van der Waals surface area contributed by atoms with Crippen LogP contribution < -0.4 is 11.1 Å². The van der Waals surface area contributed by atoms with Gasteiger partial charge < -0.3 is 9.13 Å². The SMILES string of the molecule is Cc1cc(CC(C)n2c(=O)cnc3ccc(F)cc32)c2ncc(=O)n(C(C)C)c2c1. The molecule has 4 aromatic rings. The first-order valence-electron chi connectivity index (χ1n) is 9.94. The van der Waals surface area contributed by atoms with Crippen LogP contribution in [0.3, 0.4) is 0 Å². The fourth-order valence-corrected chi connectivity index (χ4v) is 4.12. The van der Waals surface area contributed by atoms with Crippen LogP contribution in [0.1, 0.15) is 44.0 Å². The van der Waals surface area contributed by atoms with Gasteiger partial charge in [0.15, 0.2) is 0 Å². The lowest BCUT2D eigenvalue weighted by atomic mass is 10.0. The Balaban J connectivity index is 1.88. The molecule has 0 aliphatic rings. The lowest BCUT2D eigenvalue weighted by Crippen LogP contribution is -2.26. The molecular formula is C23H23FN4O2. The Labute approximate surface area is 172 Å². The molecule has 4 rings (SSSR count). The van der Waals surface area contributed by atoms with Crippen molar-refractivity contribution in [3.8, 4) is 0 Å². The van der Waals surface area contributed by atoms with Gasteiger partial charge in [0.05, 0.1) is 34.5 Å². The fraction of sp³-hybridized carbons (Fsp3) is 0.304. The zero-order valence-electron chi connectivity index (χ0n) is 17.4. The quantitative estimate of drug-likeness (QED) is 0.515. The van der Waals surface area contributed by atoms with Gasteiger partial charge in [-0.1, -0.05) is 6.07 Å². The number of halogens is 1. The summed E-state index contributed by atoms with van der Waals surface area (Å²) in [5, 5.41) is 0. The maximum atomic E-state index is 13.9. The van der Waals surface area contributed by atoms with Crippen molar-refractivity contribution in [1.29, 1.82) is 0 Å². The van der Waals surface area contributed by atoms with Gasteiger partial charge in [0.25, 0.3) is 11.1 Å². The van der Waals surface area contributed by atoms with Crippen LogP contribution in [0.4, 0.5) is 4.39 Å². The van der Waals surface area contributed by atoms with E-state index in [-0.39, 0.29) is 23.2 Å². The highest BCUT2D eigenvalue weighted by molar-refractivity contribution is 5.79. The molecule has 6 nitrogen and oxygen atoms in total. The van der Waals surface area contributed by atoms with Crippen molar-refractivity contribution in [3.05, 3.63) is 80.4 Å². The van der Waals surface area contributed by atoms with Gasteiger partial charge in [-0.05, 0) is 69.5 Å². The Bertz CT molecular complexity index is 1390. The molecule has 0 saturated carbocycles. The molecule has 2 aromatic heterocycles. The summed E-state index contributed by atoms with van der Waals surface area (Å²) in [7, 11) is 0. The van der Waals surface area contributed by atoms with Gasteiger partial charge in [-0.2, -0.15) is 0 Å². The van der Waals surface area contributed by atoms with Gasteiger partial charge in [0.1, 0.15) is 5.82 Å². The van der Waals surface area contributed by atoms with Crippen LogP contribution in [0.25, 0.3) is 22.1 Å². The number of fused-ring (bicyclic) bond motifs is 2. The molecule has 0 aliphatic heterocycles. The van der Waals surface area contributed by atoms with Gasteiger partial charge in [0, 0.05) is 12.1 Å². The minimum absolute atomic E-state index is 0.00944. The summed E-state index contributed by atoms with van der Waals surface area (Å²) >= 11 is 0. The molecule has 2 aromatic carbocycles. The van der Waals surface area contributed by atoms with Crippen molar-refractivity contribution in [2.75, 3.05) is 0 Å². The highest BCUT2D eigenvalue weighted by atomic mass is 19.1. The summed E-state index contributed by atoms with van der Waals surface area (Å²) < 4.78 is 17.2. The highest BCUT2D eigenvalue weighted by Gasteiger charge is 2.17. The summed E-state index contributed by atoms with van der Waals surface area (Å²) in [6.07, 6.45) is 3.10. The molecule has 154 valence electrons. The third-order valence-electron chi connectivity index (χ3n) is 5.34. The lowest BCUT2D eigenvalue weighted by Gasteiger charge is -2.20. The number of aryl methyl sites for hydroxylation is 1. The molecule has 0 radical (unpaired) electrons. The van der Waals surface area contributed by atoms with Gasteiger partial charge in [-0.15, -0.1) is 0 Å². The normalized spacial score (nSPS) is 12.7. The molecule has 0 amide bonds. The van der Waals surface area contributed by atoms with Gasteiger partial charge in [-0.3, -0.25) is 9.59 Å². The number of nitrogens with zero attached hydrogens (tertiary/aromatic N) is 4.